The van der Waals surface area contributed by atoms with Crippen molar-refractivity contribution in [2.45, 2.75) is 33.6 Å². The van der Waals surface area contributed by atoms with Crippen molar-refractivity contribution < 1.29 is 28.8 Å². The first-order valence-electron chi connectivity index (χ1n) is 7.55. The molecule has 0 aliphatic carbocycles. The van der Waals surface area contributed by atoms with Crippen molar-refractivity contribution in [2.75, 3.05) is 52.9 Å². The zero-order valence-corrected chi connectivity index (χ0v) is 13.6. The van der Waals surface area contributed by atoms with Gasteiger partial charge in [0.15, 0.2) is 0 Å². The summed E-state index contributed by atoms with van der Waals surface area (Å²) in [7, 11) is 0. The molecule has 0 fully saturated rings. The van der Waals surface area contributed by atoms with E-state index in [1.54, 1.807) is 13.8 Å². The van der Waals surface area contributed by atoms with Gasteiger partial charge in [0.25, 0.3) is 0 Å². The van der Waals surface area contributed by atoms with Crippen LogP contribution in [0.5, 0.6) is 0 Å². The fourth-order valence-corrected chi connectivity index (χ4v) is 1.30. The Morgan fingerprint density at radius 2 is 1.29 bits per heavy atom. The molecular formula is C15H30O6. The van der Waals surface area contributed by atoms with Crippen molar-refractivity contribution in [2.24, 2.45) is 5.41 Å². The second-order valence-electron chi connectivity index (χ2n) is 5.43. The van der Waals surface area contributed by atoms with Crippen LogP contribution in [-0.2, 0) is 23.7 Å². The van der Waals surface area contributed by atoms with Crippen molar-refractivity contribution in [3.05, 3.63) is 0 Å². The summed E-state index contributed by atoms with van der Waals surface area (Å²) in [4.78, 5) is 10.8. The average Bonchev–Trinajstić information content (AvgIpc) is 2.43. The molecule has 0 atom stereocenters. The van der Waals surface area contributed by atoms with E-state index in [4.69, 9.17) is 24.1 Å². The van der Waals surface area contributed by atoms with Gasteiger partial charge < -0.3 is 24.1 Å². The van der Waals surface area contributed by atoms with Gasteiger partial charge in [-0.2, -0.15) is 0 Å². The summed E-state index contributed by atoms with van der Waals surface area (Å²) in [6, 6.07) is 0. The summed E-state index contributed by atoms with van der Waals surface area (Å²) >= 11 is 0. The Labute approximate surface area is 127 Å². The number of hydrogen-bond donors (Lipinski definition) is 1. The molecule has 0 unspecified atom stereocenters. The monoisotopic (exact) mass is 306 g/mol. The van der Waals surface area contributed by atoms with Crippen LogP contribution in [0.4, 0.5) is 0 Å². The Hall–Kier alpha value is -0.690. The van der Waals surface area contributed by atoms with Crippen molar-refractivity contribution in [3.8, 4) is 0 Å². The molecule has 126 valence electrons. The highest BCUT2D eigenvalue weighted by Gasteiger charge is 2.27. The molecule has 0 aliphatic heterocycles. The van der Waals surface area contributed by atoms with Gasteiger partial charge in [0, 0.05) is 6.61 Å². The van der Waals surface area contributed by atoms with Crippen LogP contribution in [-0.4, -0.2) is 63.9 Å². The third-order valence-electron chi connectivity index (χ3n) is 2.80. The van der Waals surface area contributed by atoms with Crippen molar-refractivity contribution in [1.82, 2.24) is 0 Å². The lowest BCUT2D eigenvalue weighted by Gasteiger charge is -2.18. The normalized spacial score (nSPS) is 11.8. The predicted molar refractivity (Wildman–Crippen MR) is 79.6 cm³/mol. The Balaban J connectivity index is 3.18. The zero-order chi connectivity index (χ0) is 16.0. The molecule has 0 aromatic carbocycles. The molecule has 0 amide bonds. The molecule has 0 saturated carbocycles. The smallest absolute Gasteiger partial charge is 0.311 e. The second kappa shape index (κ2) is 13.0. The van der Waals surface area contributed by atoms with Crippen LogP contribution in [0.1, 0.15) is 33.6 Å². The molecule has 0 aliphatic rings. The van der Waals surface area contributed by atoms with Gasteiger partial charge in [0.1, 0.15) is 0 Å². The molecule has 0 spiro atoms. The van der Waals surface area contributed by atoms with Gasteiger partial charge in [-0.3, -0.25) is 4.79 Å². The Bertz CT molecular complexity index is 255. The average molecular weight is 306 g/mol. The molecule has 21 heavy (non-hydrogen) atoms. The molecule has 0 aromatic heterocycles. The predicted octanol–water partition coefficient (Wildman–Crippen LogP) is 1.96. The molecule has 0 radical (unpaired) electrons. The van der Waals surface area contributed by atoms with Crippen LogP contribution in [0, 0.1) is 5.41 Å². The number of carbonyl (C=O) groups is 1. The summed E-state index contributed by atoms with van der Waals surface area (Å²) < 4.78 is 21.3. The SMILES string of the molecule is CCCCOCCOCCOCCOCC(C)(C)C(=O)O. The number of ether oxygens (including phenoxy) is 4. The van der Waals surface area contributed by atoms with Crippen LogP contribution in [0.3, 0.4) is 0 Å². The Morgan fingerprint density at radius 3 is 1.71 bits per heavy atom. The summed E-state index contributed by atoms with van der Waals surface area (Å²) in [6.07, 6.45) is 2.22. The minimum absolute atomic E-state index is 0.178. The van der Waals surface area contributed by atoms with Gasteiger partial charge in [-0.15, -0.1) is 0 Å². The van der Waals surface area contributed by atoms with Crippen molar-refractivity contribution >= 4 is 5.97 Å². The summed E-state index contributed by atoms with van der Waals surface area (Å²) in [5, 5.41) is 8.89. The van der Waals surface area contributed by atoms with E-state index in [1.165, 1.54) is 0 Å². The third kappa shape index (κ3) is 12.7. The number of hydrogen-bond acceptors (Lipinski definition) is 5. The van der Waals surface area contributed by atoms with Gasteiger partial charge in [-0.05, 0) is 20.3 Å². The first kappa shape index (κ1) is 20.3. The van der Waals surface area contributed by atoms with Crippen LogP contribution in [0.15, 0.2) is 0 Å². The summed E-state index contributed by atoms with van der Waals surface area (Å²) in [5.41, 5.74) is -0.860. The van der Waals surface area contributed by atoms with Crippen LogP contribution in [0.2, 0.25) is 0 Å². The summed E-state index contributed by atoms with van der Waals surface area (Å²) in [6.45, 7) is 9.41. The van der Waals surface area contributed by atoms with E-state index in [-0.39, 0.29) is 6.61 Å². The van der Waals surface area contributed by atoms with Gasteiger partial charge in [0.2, 0.25) is 0 Å². The molecule has 0 aromatic rings. The molecule has 0 heterocycles. The number of aliphatic carboxylic acids is 1. The highest BCUT2D eigenvalue weighted by molar-refractivity contribution is 5.73. The molecule has 6 heteroatoms. The van der Waals surface area contributed by atoms with E-state index in [9.17, 15) is 4.79 Å². The van der Waals surface area contributed by atoms with E-state index in [1.807, 2.05) is 0 Å². The molecule has 0 rings (SSSR count). The van der Waals surface area contributed by atoms with Gasteiger partial charge in [0.05, 0.1) is 51.7 Å². The maximum Gasteiger partial charge on any atom is 0.311 e. The maximum atomic E-state index is 10.8. The minimum Gasteiger partial charge on any atom is -0.481 e. The fraction of sp³-hybridized carbons (Fsp3) is 0.933. The van der Waals surface area contributed by atoms with Crippen LogP contribution < -0.4 is 0 Å². The Morgan fingerprint density at radius 1 is 0.857 bits per heavy atom. The lowest BCUT2D eigenvalue weighted by atomic mass is 9.95. The first-order valence-corrected chi connectivity index (χ1v) is 7.55. The molecule has 6 nitrogen and oxygen atoms in total. The molecule has 1 N–H and O–H groups in total. The summed E-state index contributed by atoms with van der Waals surface area (Å²) in [5.74, 6) is -0.863. The van der Waals surface area contributed by atoms with E-state index in [0.717, 1.165) is 19.4 Å². The van der Waals surface area contributed by atoms with E-state index in [2.05, 4.69) is 6.92 Å². The number of unbranched alkanes of at least 4 members (excludes halogenated alkanes) is 1. The number of carboxylic acids is 1. The second-order valence-corrected chi connectivity index (χ2v) is 5.43. The standard InChI is InChI=1S/C15H30O6/c1-4-5-6-18-7-8-19-9-10-20-11-12-21-13-15(2,3)14(16)17/h4-13H2,1-3H3,(H,16,17). The van der Waals surface area contributed by atoms with Gasteiger partial charge >= 0.3 is 5.97 Å². The Kier molecular flexibility index (Phi) is 12.6. The number of rotatable bonds is 15. The quantitative estimate of drug-likeness (QED) is 0.466. The molecular weight excluding hydrogens is 276 g/mol. The van der Waals surface area contributed by atoms with Crippen molar-refractivity contribution in [3.63, 3.8) is 0 Å². The topological polar surface area (TPSA) is 74.2 Å². The van der Waals surface area contributed by atoms with E-state index >= 15 is 0 Å². The lowest BCUT2D eigenvalue weighted by molar-refractivity contribution is -0.150. The van der Waals surface area contributed by atoms with Crippen LogP contribution >= 0.6 is 0 Å². The largest absolute Gasteiger partial charge is 0.481 e. The highest BCUT2D eigenvalue weighted by atomic mass is 16.6. The van der Waals surface area contributed by atoms with E-state index < -0.39 is 11.4 Å². The van der Waals surface area contributed by atoms with Crippen LogP contribution in [0.25, 0.3) is 0 Å². The zero-order valence-electron chi connectivity index (χ0n) is 13.6. The minimum atomic E-state index is -0.863. The molecule has 0 saturated heterocycles. The number of carboxylic acid groups (broad SMARTS) is 1. The van der Waals surface area contributed by atoms with Crippen molar-refractivity contribution in [1.29, 1.82) is 0 Å². The molecule has 0 bridgehead atoms. The highest BCUT2D eigenvalue weighted by Crippen LogP contribution is 2.14. The maximum absolute atomic E-state index is 10.8. The first-order chi connectivity index (χ1) is 10.0. The lowest BCUT2D eigenvalue weighted by Crippen LogP contribution is -2.29. The fourth-order valence-electron chi connectivity index (χ4n) is 1.30. The van der Waals surface area contributed by atoms with Gasteiger partial charge in [-0.1, -0.05) is 13.3 Å². The third-order valence-corrected chi connectivity index (χ3v) is 2.80. The van der Waals surface area contributed by atoms with Gasteiger partial charge in [-0.25, -0.2) is 0 Å². The van der Waals surface area contributed by atoms with E-state index in [0.29, 0.717) is 39.6 Å².